The van der Waals surface area contributed by atoms with Gasteiger partial charge >= 0.3 is 36.1 Å². The highest BCUT2D eigenvalue weighted by Crippen LogP contribution is 2.38. The molecular formula is C87H102N14O18. The maximum Gasteiger partial charge on any atom is 0.407 e. The number of benzene rings is 7. The lowest BCUT2D eigenvalue weighted by atomic mass is 9.93. The number of nitrogens with one attached hydrogen (secondary N) is 6. The van der Waals surface area contributed by atoms with Crippen molar-refractivity contribution in [2.75, 3.05) is 131 Å². The minimum Gasteiger partial charge on any atom is -0.495 e. The van der Waals surface area contributed by atoms with E-state index in [0.717, 1.165) is 45.5 Å². The van der Waals surface area contributed by atoms with E-state index >= 15 is 0 Å². The highest BCUT2D eigenvalue weighted by molar-refractivity contribution is 6.03. The number of carbonyl (C=O) groups is 12. The van der Waals surface area contributed by atoms with Crippen molar-refractivity contribution in [1.29, 1.82) is 0 Å². The van der Waals surface area contributed by atoms with Crippen LogP contribution in [0.25, 0.3) is 0 Å². The van der Waals surface area contributed by atoms with Crippen molar-refractivity contribution in [2.45, 2.75) is 109 Å². The van der Waals surface area contributed by atoms with Crippen LogP contribution in [0.15, 0.2) is 158 Å². The molecule has 6 heterocycles. The summed E-state index contributed by atoms with van der Waals surface area (Å²) in [5, 5.41) is 54.3. The number of piperidine rings is 1. The number of methoxy groups -OCH3 is 2. The molecule has 0 spiro atoms. The average molecular weight is 1630 g/mol. The van der Waals surface area contributed by atoms with E-state index < -0.39 is 54.3 Å². The van der Waals surface area contributed by atoms with Crippen molar-refractivity contribution in [3.05, 3.63) is 202 Å². The lowest BCUT2D eigenvalue weighted by Gasteiger charge is -2.36. The molecule has 13 amide bonds. The number of aliphatic hydroxyl groups excluding tert-OH is 1. The van der Waals surface area contributed by atoms with Gasteiger partial charge in [0.2, 0.25) is 35.4 Å². The molecule has 0 radical (unpaired) electrons. The molecule has 0 aliphatic carbocycles. The van der Waals surface area contributed by atoms with Crippen LogP contribution >= 0.6 is 0 Å². The molecule has 7 aromatic carbocycles. The number of carboxylic acids is 2. The Morgan fingerprint density at radius 2 is 0.857 bits per heavy atom. The molecule has 0 aromatic heterocycles. The van der Waals surface area contributed by atoms with Gasteiger partial charge in [-0.3, -0.25) is 43.3 Å². The Labute approximate surface area is 689 Å². The van der Waals surface area contributed by atoms with Gasteiger partial charge in [0.1, 0.15) is 29.6 Å². The van der Waals surface area contributed by atoms with Crippen LogP contribution in [0.1, 0.15) is 89.1 Å². The zero-order valence-corrected chi connectivity index (χ0v) is 67.2. The standard InChI is InChI=1S/C32H34N4O5.C28H35N5O7.C27H33N5O6/c1-21-6-2-5-9-27(21)34-32(41)33-25-12-10-22(11-13-25)18-28(37)36-20-24-7-3-4-8-26(24)30(36)31(40)35-16-14-23(15-17-35)19-29(38)39;1-18-5-3-4-6-21(18)29-28(39)30-22-8-7-19(13-24(22)40-2)14-25(35)33-16-20(34)15-23(33)27(38)32-11-9-31(10-12-32)17-26(36)37;1-18-6-3-4-7-20(18)28-26(35)29-21-10-9-19(16-23(21)38-2)17-24(33)32-11-5-8-22(32)25(34)30-12-14-31(15-13-30)27(36)37/h2-13,23,30H,14-20H2,1H3,(H,38,39)(H2,33,34,41);3-8,13,20,23,34H,9-12,14-17H2,1-2H3,(H,36,37)(H2,29,30,39);3-4,6-7,9-10,16,22H,5,8,11-15,17H2,1-2H3,(H,36,37)(H2,28,29,35). The summed E-state index contributed by atoms with van der Waals surface area (Å²) in [6, 6.07) is 44.1. The first-order valence-corrected chi connectivity index (χ1v) is 39.7. The number of aliphatic hydroxyl groups is 1. The molecule has 628 valence electrons. The fraction of sp³-hybridized carbons (Fsp3) is 0.379. The fourth-order valence-corrected chi connectivity index (χ4v) is 15.6. The molecule has 13 rings (SSSR count). The Bertz CT molecular complexity index is 4870. The van der Waals surface area contributed by atoms with Gasteiger partial charge in [0.05, 0.1) is 57.5 Å². The van der Waals surface area contributed by atoms with E-state index in [0.29, 0.717) is 136 Å². The van der Waals surface area contributed by atoms with Crippen molar-refractivity contribution in [2.24, 2.45) is 5.92 Å². The van der Waals surface area contributed by atoms with Crippen LogP contribution in [0.3, 0.4) is 0 Å². The number of aryl methyl sites for hydroxylation is 3. The molecule has 5 saturated heterocycles. The molecule has 0 saturated carbocycles. The molecule has 6 aliphatic rings. The number of ether oxygens (including phenoxy) is 2. The van der Waals surface area contributed by atoms with E-state index in [1.165, 1.54) is 24.0 Å². The summed E-state index contributed by atoms with van der Waals surface area (Å²) in [4.78, 5) is 164. The van der Waals surface area contributed by atoms with Gasteiger partial charge in [-0.1, -0.05) is 103 Å². The number of β-amino-alcohol motifs (C(OH)–C–C–N with tert-alkyl or cyclic N) is 1. The van der Waals surface area contributed by atoms with Gasteiger partial charge < -0.3 is 96.1 Å². The summed E-state index contributed by atoms with van der Waals surface area (Å²) in [5.74, 6) is -1.98. The maximum absolute atomic E-state index is 13.7. The van der Waals surface area contributed by atoms with Gasteiger partial charge in [-0.05, 0) is 151 Å². The van der Waals surface area contributed by atoms with Crippen LogP contribution in [0.2, 0.25) is 0 Å². The summed E-state index contributed by atoms with van der Waals surface area (Å²) in [6.07, 6.45) is 1.27. The number of likely N-dealkylation sites (tertiary alicyclic amines) is 3. The van der Waals surface area contributed by atoms with Crippen LogP contribution in [0, 0.1) is 26.7 Å². The number of hydrogen-bond donors (Lipinski definition) is 10. The van der Waals surface area contributed by atoms with Crippen LogP contribution in [-0.2, 0) is 64.2 Å². The number of rotatable bonds is 21. The second-order valence-corrected chi connectivity index (χ2v) is 30.3. The van der Waals surface area contributed by atoms with E-state index in [2.05, 4.69) is 31.9 Å². The Kier molecular flexibility index (Phi) is 29.6. The molecule has 6 aliphatic heterocycles. The number of aliphatic carboxylic acids is 2. The monoisotopic (exact) mass is 1630 g/mol. The zero-order chi connectivity index (χ0) is 85.0. The third-order valence-corrected chi connectivity index (χ3v) is 22.1. The van der Waals surface area contributed by atoms with Crippen molar-refractivity contribution in [3.8, 4) is 11.5 Å². The van der Waals surface area contributed by atoms with Crippen LogP contribution in [-0.4, -0.2) is 249 Å². The van der Waals surface area contributed by atoms with Gasteiger partial charge in [0, 0.05) is 121 Å². The second-order valence-electron chi connectivity index (χ2n) is 30.3. The van der Waals surface area contributed by atoms with Crippen molar-refractivity contribution < 1.29 is 87.4 Å². The smallest absolute Gasteiger partial charge is 0.407 e. The predicted octanol–water partition coefficient (Wildman–Crippen LogP) is 9.36. The van der Waals surface area contributed by atoms with Crippen LogP contribution in [0.4, 0.5) is 53.3 Å². The number of fused-ring (bicyclic) bond motifs is 1. The summed E-state index contributed by atoms with van der Waals surface area (Å²) in [5.41, 5.74) is 10.3. The molecule has 119 heavy (non-hydrogen) atoms. The topological polar surface area (TPSA) is 402 Å². The molecular weight excluding hydrogens is 1530 g/mol. The van der Waals surface area contributed by atoms with Gasteiger partial charge in [-0.15, -0.1) is 0 Å². The summed E-state index contributed by atoms with van der Waals surface area (Å²) >= 11 is 0. The Hall–Kier alpha value is -13.1. The van der Waals surface area contributed by atoms with Gasteiger partial charge in [0.25, 0.3) is 0 Å². The van der Waals surface area contributed by atoms with E-state index in [1.807, 2.05) is 112 Å². The molecule has 4 atom stereocenters. The third-order valence-electron chi connectivity index (χ3n) is 22.1. The Balaban J connectivity index is 0.000000175. The minimum absolute atomic E-state index is 0.0189. The lowest BCUT2D eigenvalue weighted by Crippen LogP contribution is -2.55. The first-order valence-electron chi connectivity index (χ1n) is 39.7. The largest absolute Gasteiger partial charge is 0.495 e. The normalized spacial score (nSPS) is 17.7. The third kappa shape index (κ3) is 23.2. The van der Waals surface area contributed by atoms with Crippen LogP contribution in [0.5, 0.6) is 11.5 Å². The van der Waals surface area contributed by atoms with Gasteiger partial charge in [0.15, 0.2) is 0 Å². The number of piperazine rings is 2. The molecule has 5 fully saturated rings. The van der Waals surface area contributed by atoms with Crippen molar-refractivity contribution in [3.63, 3.8) is 0 Å². The first-order chi connectivity index (χ1) is 57.2. The Morgan fingerprint density at radius 1 is 0.420 bits per heavy atom. The van der Waals surface area contributed by atoms with E-state index in [9.17, 15) is 62.6 Å². The number of para-hydroxylation sites is 3. The number of urea groups is 3. The minimum atomic E-state index is -0.988. The summed E-state index contributed by atoms with van der Waals surface area (Å²) < 4.78 is 10.9. The Morgan fingerprint density at radius 3 is 1.36 bits per heavy atom. The lowest BCUT2D eigenvalue weighted by molar-refractivity contribution is -0.146. The summed E-state index contributed by atoms with van der Waals surface area (Å²) in [6.45, 7) is 10.3. The number of nitrogens with zero attached hydrogens (tertiary/aromatic N) is 8. The van der Waals surface area contributed by atoms with Gasteiger partial charge in [-0.25, -0.2) is 19.2 Å². The molecule has 0 bridgehead atoms. The van der Waals surface area contributed by atoms with E-state index in [-0.39, 0.29) is 106 Å². The number of amides is 13. The summed E-state index contributed by atoms with van der Waals surface area (Å²) in [7, 11) is 2.96. The highest BCUT2D eigenvalue weighted by Gasteiger charge is 2.44. The SMILES string of the molecule is COc1cc(CC(=O)N2CC(O)CC2C(=O)N2CCN(CC(=O)O)CC2)ccc1NC(=O)Nc1ccccc1C.COc1cc(CC(=O)N2CCCC2C(=O)N2CCN(C(=O)O)CC2)ccc1NC(=O)Nc1ccccc1C.Cc1ccccc1NC(=O)Nc1ccc(CC(=O)N2Cc3ccccc3C2C(=O)N2CCC(CC(=O)O)CC2)cc1. The maximum atomic E-state index is 13.7. The van der Waals surface area contributed by atoms with E-state index in [1.54, 1.807) is 96.1 Å². The van der Waals surface area contributed by atoms with Crippen LogP contribution < -0.4 is 41.4 Å². The van der Waals surface area contributed by atoms with Gasteiger partial charge in [-0.2, -0.15) is 0 Å². The fourth-order valence-electron chi connectivity index (χ4n) is 15.6. The quantitative estimate of drug-likeness (QED) is 0.0320. The average Bonchev–Trinajstić information content (AvgIpc) is 1.62. The molecule has 7 aromatic rings. The molecule has 32 nitrogen and oxygen atoms in total. The molecule has 32 heteroatoms. The van der Waals surface area contributed by atoms with E-state index in [4.69, 9.17) is 24.8 Å². The molecule has 4 unspecified atom stereocenters. The number of anilines is 6. The number of hydrogen-bond acceptors (Lipinski definition) is 16. The molecule has 10 N–H and O–H groups in total. The van der Waals surface area contributed by atoms with Crippen molar-refractivity contribution >= 4 is 106 Å². The second kappa shape index (κ2) is 40.7. The highest BCUT2D eigenvalue weighted by atomic mass is 16.5. The first kappa shape index (κ1) is 86.8. The number of carbonyl (C=O) groups excluding carboxylic acids is 9. The van der Waals surface area contributed by atoms with Crippen molar-refractivity contribution in [1.82, 2.24) is 39.2 Å². The zero-order valence-electron chi connectivity index (χ0n) is 67.2. The number of carboxylic acid groups (broad SMARTS) is 3. The predicted molar refractivity (Wildman–Crippen MR) is 444 cm³/mol.